The van der Waals surface area contributed by atoms with Gasteiger partial charge in [-0.15, -0.1) is 0 Å². The Morgan fingerprint density at radius 2 is 1.74 bits per heavy atom. The number of nitrogens with one attached hydrogen (secondary N) is 1. The van der Waals surface area contributed by atoms with Gasteiger partial charge in [-0.2, -0.15) is 10.2 Å². The van der Waals surface area contributed by atoms with E-state index in [4.69, 9.17) is 4.74 Å². The maximum Gasteiger partial charge on any atom is 0.360 e. The van der Waals surface area contributed by atoms with Crippen LogP contribution in [0.2, 0.25) is 0 Å². The molecule has 0 bridgehead atoms. The highest BCUT2D eigenvalue weighted by atomic mass is 16.5. The van der Waals surface area contributed by atoms with Crippen LogP contribution < -0.4 is 10.9 Å². The van der Waals surface area contributed by atoms with E-state index in [9.17, 15) is 14.4 Å². The van der Waals surface area contributed by atoms with Gasteiger partial charge in [0.1, 0.15) is 0 Å². The van der Waals surface area contributed by atoms with Gasteiger partial charge in [-0.05, 0) is 32.8 Å². The van der Waals surface area contributed by atoms with Crippen molar-refractivity contribution in [3.05, 3.63) is 51.7 Å². The highest BCUT2D eigenvalue weighted by Crippen LogP contribution is 2.19. The summed E-state index contributed by atoms with van der Waals surface area (Å²) in [4.78, 5) is 38.3. The van der Waals surface area contributed by atoms with Gasteiger partial charge in [0.05, 0.1) is 22.5 Å². The lowest BCUT2D eigenvalue weighted by Gasteiger charge is -2.15. The Labute approximate surface area is 180 Å². The van der Waals surface area contributed by atoms with Gasteiger partial charge in [0.25, 0.3) is 11.5 Å². The maximum absolute atomic E-state index is 12.9. The highest BCUT2D eigenvalue weighted by molar-refractivity contribution is 6.03. The lowest BCUT2D eigenvalue weighted by atomic mass is 10.1. The number of carbonyl (C=O) groups excluding carboxylic acids is 2. The second-order valence-corrected chi connectivity index (χ2v) is 7.98. The van der Waals surface area contributed by atoms with Gasteiger partial charge in [0, 0.05) is 19.0 Å². The Hall–Kier alpha value is -3.49. The second kappa shape index (κ2) is 8.71. The molecule has 3 rings (SSSR count). The molecule has 164 valence electrons. The van der Waals surface area contributed by atoms with Gasteiger partial charge in [-0.3, -0.25) is 14.3 Å². The fourth-order valence-electron chi connectivity index (χ4n) is 3.30. The molecule has 0 aliphatic rings. The Balaban J connectivity index is 1.88. The molecule has 1 atom stereocenters. The van der Waals surface area contributed by atoms with Crippen LogP contribution in [0.3, 0.4) is 0 Å². The van der Waals surface area contributed by atoms with E-state index in [0.29, 0.717) is 28.7 Å². The molecule has 2 heterocycles. The van der Waals surface area contributed by atoms with E-state index in [0.717, 1.165) is 5.69 Å². The van der Waals surface area contributed by atoms with Crippen molar-refractivity contribution in [2.24, 2.45) is 13.0 Å². The summed E-state index contributed by atoms with van der Waals surface area (Å²) in [6, 6.07) is 6.74. The Morgan fingerprint density at radius 1 is 1.10 bits per heavy atom. The number of aryl methyl sites for hydroxylation is 2. The molecule has 1 N–H and O–H groups in total. The highest BCUT2D eigenvalue weighted by Gasteiger charge is 2.24. The molecule has 2 aromatic heterocycles. The molecule has 0 spiro atoms. The van der Waals surface area contributed by atoms with Crippen molar-refractivity contribution < 1.29 is 14.3 Å². The number of aromatic nitrogens is 4. The van der Waals surface area contributed by atoms with Crippen LogP contribution in [-0.4, -0.2) is 37.5 Å². The maximum atomic E-state index is 12.9. The van der Waals surface area contributed by atoms with Gasteiger partial charge < -0.3 is 10.1 Å². The van der Waals surface area contributed by atoms with E-state index in [1.54, 1.807) is 42.9 Å². The van der Waals surface area contributed by atoms with Gasteiger partial charge in [0.2, 0.25) is 0 Å². The zero-order valence-electron chi connectivity index (χ0n) is 18.6. The average molecular weight is 425 g/mol. The zero-order valence-corrected chi connectivity index (χ0v) is 18.6. The first-order valence-electron chi connectivity index (χ1n) is 10.1. The molecule has 0 aliphatic carbocycles. The van der Waals surface area contributed by atoms with Crippen LogP contribution in [0, 0.1) is 19.8 Å². The van der Waals surface area contributed by atoms with Crippen LogP contribution in [0.1, 0.15) is 42.6 Å². The van der Waals surface area contributed by atoms with Crippen LogP contribution in [0.25, 0.3) is 10.8 Å². The van der Waals surface area contributed by atoms with Crippen LogP contribution >= 0.6 is 0 Å². The van der Waals surface area contributed by atoms with Crippen molar-refractivity contribution in [2.45, 2.75) is 47.3 Å². The molecule has 1 amide bonds. The predicted octanol–water partition coefficient (Wildman–Crippen LogP) is 2.59. The summed E-state index contributed by atoms with van der Waals surface area (Å²) >= 11 is 0. The molecular formula is C22H27N5O4. The summed E-state index contributed by atoms with van der Waals surface area (Å²) in [5, 5.41) is 12.0. The third-order valence-corrected chi connectivity index (χ3v) is 5.01. The van der Waals surface area contributed by atoms with Gasteiger partial charge >= 0.3 is 5.97 Å². The first kappa shape index (κ1) is 22.2. The van der Waals surface area contributed by atoms with E-state index in [1.807, 2.05) is 20.8 Å². The fourth-order valence-corrected chi connectivity index (χ4v) is 3.30. The summed E-state index contributed by atoms with van der Waals surface area (Å²) in [6.45, 7) is 9.38. The lowest BCUT2D eigenvalue weighted by molar-refractivity contribution is -0.123. The number of nitrogens with zero attached hydrogens (tertiary/aromatic N) is 4. The second-order valence-electron chi connectivity index (χ2n) is 7.98. The van der Waals surface area contributed by atoms with E-state index in [2.05, 4.69) is 15.5 Å². The minimum absolute atomic E-state index is 0.00392. The quantitative estimate of drug-likeness (QED) is 0.608. The van der Waals surface area contributed by atoms with E-state index in [1.165, 1.54) is 11.6 Å². The third-order valence-electron chi connectivity index (χ3n) is 5.01. The third kappa shape index (κ3) is 4.50. The molecule has 0 saturated carbocycles. The van der Waals surface area contributed by atoms with Crippen molar-refractivity contribution in [1.29, 1.82) is 0 Å². The predicted molar refractivity (Wildman–Crippen MR) is 117 cm³/mol. The normalized spacial score (nSPS) is 12.2. The van der Waals surface area contributed by atoms with Crippen LogP contribution in [0.5, 0.6) is 0 Å². The van der Waals surface area contributed by atoms with Crippen molar-refractivity contribution in [1.82, 2.24) is 19.6 Å². The fraction of sp³-hybridized carbons (Fsp3) is 0.409. The Kier molecular flexibility index (Phi) is 6.24. The van der Waals surface area contributed by atoms with E-state index >= 15 is 0 Å². The summed E-state index contributed by atoms with van der Waals surface area (Å²) in [5.41, 5.74) is 1.78. The first-order valence-corrected chi connectivity index (χ1v) is 10.1. The number of hydrogen-bond donors (Lipinski definition) is 1. The molecule has 3 aromatic rings. The monoisotopic (exact) mass is 425 g/mol. The van der Waals surface area contributed by atoms with Crippen LogP contribution in [0.15, 0.2) is 29.1 Å². The Bertz CT molecular complexity index is 1210. The van der Waals surface area contributed by atoms with Crippen molar-refractivity contribution in [3.63, 3.8) is 0 Å². The SMILES string of the molecule is Cc1nn(C)c(C)c1NC(=O)[C@@H](C)OC(=O)c1nn(CC(C)C)c(=O)c2ccccc12. The van der Waals surface area contributed by atoms with Crippen molar-refractivity contribution in [3.8, 4) is 0 Å². The number of hydrogen-bond acceptors (Lipinski definition) is 6. The summed E-state index contributed by atoms with van der Waals surface area (Å²) < 4.78 is 8.35. The minimum Gasteiger partial charge on any atom is -0.448 e. The molecule has 0 saturated heterocycles. The number of esters is 1. The largest absolute Gasteiger partial charge is 0.448 e. The lowest BCUT2D eigenvalue weighted by Crippen LogP contribution is -2.32. The zero-order chi connectivity index (χ0) is 22.9. The number of fused-ring (bicyclic) bond motifs is 1. The molecule has 9 nitrogen and oxygen atoms in total. The standard InChI is InChI=1S/C22H27N5O4/c1-12(2)11-27-21(29)17-10-8-7-9-16(17)19(25-27)22(30)31-15(5)20(28)23-18-13(3)24-26(6)14(18)4/h7-10,12,15H,11H2,1-6H3,(H,23,28)/t15-/m1/s1. The number of carbonyl (C=O) groups is 2. The number of amides is 1. The minimum atomic E-state index is -1.07. The topological polar surface area (TPSA) is 108 Å². The Morgan fingerprint density at radius 3 is 2.32 bits per heavy atom. The summed E-state index contributed by atoms with van der Waals surface area (Å²) in [7, 11) is 1.78. The van der Waals surface area contributed by atoms with Gasteiger partial charge in [-0.1, -0.05) is 32.0 Å². The van der Waals surface area contributed by atoms with Gasteiger partial charge in [-0.25, -0.2) is 9.48 Å². The molecule has 0 fully saturated rings. The smallest absolute Gasteiger partial charge is 0.360 e. The number of anilines is 1. The van der Waals surface area contributed by atoms with Crippen LogP contribution in [0.4, 0.5) is 5.69 Å². The molecule has 0 radical (unpaired) electrons. The first-order chi connectivity index (χ1) is 14.6. The molecule has 0 aliphatic heterocycles. The summed E-state index contributed by atoms with van der Waals surface area (Å²) in [6.07, 6.45) is -1.07. The summed E-state index contributed by atoms with van der Waals surface area (Å²) in [5.74, 6) is -1.09. The molecule has 9 heteroatoms. The van der Waals surface area contributed by atoms with E-state index < -0.39 is 18.0 Å². The molecule has 1 aromatic carbocycles. The number of benzene rings is 1. The van der Waals surface area contributed by atoms with Gasteiger partial charge in [0.15, 0.2) is 11.8 Å². The van der Waals surface area contributed by atoms with Crippen molar-refractivity contribution in [2.75, 3.05) is 5.32 Å². The van der Waals surface area contributed by atoms with Crippen LogP contribution in [-0.2, 0) is 23.1 Å². The molecular weight excluding hydrogens is 398 g/mol. The number of ether oxygens (including phenoxy) is 1. The van der Waals surface area contributed by atoms with E-state index in [-0.39, 0.29) is 17.2 Å². The van der Waals surface area contributed by atoms with Crippen molar-refractivity contribution >= 4 is 28.3 Å². The molecule has 0 unspecified atom stereocenters. The number of rotatable bonds is 6. The average Bonchev–Trinajstić information content (AvgIpc) is 2.95. The molecule has 31 heavy (non-hydrogen) atoms.